The van der Waals surface area contributed by atoms with Crippen LogP contribution in [0.1, 0.15) is 17.3 Å². The Bertz CT molecular complexity index is 708. The fourth-order valence-corrected chi connectivity index (χ4v) is 2.25. The maximum Gasteiger partial charge on any atom is 0.339 e. The second-order valence-corrected chi connectivity index (χ2v) is 7.38. The fourth-order valence-electron chi connectivity index (χ4n) is 1.64. The Balaban J connectivity index is 2.61. The molecule has 1 aromatic rings. The van der Waals surface area contributed by atoms with Gasteiger partial charge in [-0.3, -0.25) is 0 Å². The largest absolute Gasteiger partial charge is 0.462 e. The molecular formula is C14H20ClN3O5S. The Labute approximate surface area is 146 Å². The molecule has 0 fully saturated rings. The lowest BCUT2D eigenvalue weighted by Crippen LogP contribution is -2.37. The second-order valence-electron chi connectivity index (χ2n) is 4.88. The number of hydrogen-bond acceptors (Lipinski definition) is 5. The van der Waals surface area contributed by atoms with E-state index in [9.17, 15) is 18.0 Å². The van der Waals surface area contributed by atoms with Gasteiger partial charge in [-0.25, -0.2) is 22.3 Å². The number of sulfonamides is 1. The van der Waals surface area contributed by atoms with Gasteiger partial charge in [-0.05, 0) is 25.1 Å². The maximum absolute atomic E-state index is 11.8. The number of nitrogens with one attached hydrogen (secondary N) is 2. The highest BCUT2D eigenvalue weighted by atomic mass is 35.5. The van der Waals surface area contributed by atoms with Crippen molar-refractivity contribution in [1.82, 2.24) is 9.62 Å². The van der Waals surface area contributed by atoms with Crippen molar-refractivity contribution in [3.8, 4) is 0 Å². The minimum atomic E-state index is -3.29. The number of carbonyl (C=O) groups is 2. The lowest BCUT2D eigenvalue weighted by atomic mass is 10.2. The number of hydrogen-bond donors (Lipinski definition) is 2. The summed E-state index contributed by atoms with van der Waals surface area (Å²) in [6.45, 7) is 2.16. The van der Waals surface area contributed by atoms with Crippen molar-refractivity contribution in [1.29, 1.82) is 0 Å². The molecule has 2 amide bonds. The Morgan fingerprint density at radius 2 is 2.00 bits per heavy atom. The van der Waals surface area contributed by atoms with E-state index in [2.05, 4.69) is 10.6 Å². The van der Waals surface area contributed by atoms with E-state index in [1.165, 1.54) is 25.2 Å². The minimum Gasteiger partial charge on any atom is -0.462 e. The zero-order valence-corrected chi connectivity index (χ0v) is 15.2. The standard InChI is InChI=1S/C14H20ClN3O5S/c1-4-23-13(19)11-9-10(5-6-12(11)15)17-14(20)16-7-8-18(2)24(3,21)22/h5-6,9H,4,7-8H2,1-3H3,(H2,16,17,20). The number of anilines is 1. The van der Waals surface area contributed by atoms with Crippen molar-refractivity contribution in [2.75, 3.05) is 38.3 Å². The van der Waals surface area contributed by atoms with E-state index < -0.39 is 22.0 Å². The van der Waals surface area contributed by atoms with Crippen LogP contribution < -0.4 is 10.6 Å². The number of halogens is 1. The quantitative estimate of drug-likeness (QED) is 0.701. The summed E-state index contributed by atoms with van der Waals surface area (Å²) in [5.74, 6) is -0.582. The van der Waals surface area contributed by atoms with Crippen molar-refractivity contribution >= 4 is 39.3 Å². The lowest BCUT2D eigenvalue weighted by Gasteiger charge is -2.14. The van der Waals surface area contributed by atoms with E-state index in [0.29, 0.717) is 5.69 Å². The molecule has 1 rings (SSSR count). The number of urea groups is 1. The third kappa shape index (κ3) is 6.34. The molecule has 0 bridgehead atoms. The average molecular weight is 378 g/mol. The summed E-state index contributed by atoms with van der Waals surface area (Å²) in [6, 6.07) is 3.88. The van der Waals surface area contributed by atoms with Gasteiger partial charge < -0.3 is 15.4 Å². The first kappa shape index (κ1) is 20.2. The molecular weight excluding hydrogens is 358 g/mol. The van der Waals surface area contributed by atoms with Gasteiger partial charge in [-0.2, -0.15) is 0 Å². The SMILES string of the molecule is CCOC(=O)c1cc(NC(=O)NCCN(C)S(C)(=O)=O)ccc1Cl. The topological polar surface area (TPSA) is 105 Å². The van der Waals surface area contributed by atoms with Gasteiger partial charge in [0.05, 0.1) is 23.4 Å². The van der Waals surface area contributed by atoms with Crippen molar-refractivity contribution in [2.45, 2.75) is 6.92 Å². The minimum absolute atomic E-state index is 0.133. The first-order valence-corrected chi connectivity index (χ1v) is 9.30. The zero-order valence-electron chi connectivity index (χ0n) is 13.6. The lowest BCUT2D eigenvalue weighted by molar-refractivity contribution is 0.0526. The summed E-state index contributed by atoms with van der Waals surface area (Å²) in [7, 11) is -1.87. The van der Waals surface area contributed by atoms with E-state index in [0.717, 1.165) is 10.6 Å². The molecule has 1 aromatic carbocycles. The molecule has 0 saturated heterocycles. The van der Waals surface area contributed by atoms with Gasteiger partial charge in [-0.15, -0.1) is 0 Å². The number of likely N-dealkylation sites (N-methyl/N-ethyl adjacent to an activating group) is 1. The summed E-state index contributed by atoms with van der Waals surface area (Å²) in [4.78, 5) is 23.5. The molecule has 0 atom stereocenters. The molecule has 0 radical (unpaired) electrons. The first-order valence-electron chi connectivity index (χ1n) is 7.08. The summed E-state index contributed by atoms with van der Waals surface area (Å²) >= 11 is 5.93. The zero-order chi connectivity index (χ0) is 18.3. The van der Waals surface area contributed by atoms with Gasteiger partial charge in [-0.1, -0.05) is 11.6 Å². The van der Waals surface area contributed by atoms with E-state index in [1.807, 2.05) is 0 Å². The van der Waals surface area contributed by atoms with E-state index >= 15 is 0 Å². The van der Waals surface area contributed by atoms with Gasteiger partial charge >= 0.3 is 12.0 Å². The molecule has 24 heavy (non-hydrogen) atoms. The van der Waals surface area contributed by atoms with Crippen molar-refractivity contribution in [2.24, 2.45) is 0 Å². The van der Waals surface area contributed by atoms with E-state index in [1.54, 1.807) is 6.92 Å². The van der Waals surface area contributed by atoms with Crippen LogP contribution in [0.5, 0.6) is 0 Å². The molecule has 0 aliphatic rings. The number of nitrogens with zero attached hydrogens (tertiary/aromatic N) is 1. The first-order chi connectivity index (χ1) is 11.1. The van der Waals surface area contributed by atoms with Crippen LogP contribution >= 0.6 is 11.6 Å². The Morgan fingerprint density at radius 3 is 2.58 bits per heavy atom. The number of ether oxygens (including phenoxy) is 1. The number of rotatable bonds is 7. The van der Waals surface area contributed by atoms with Gasteiger partial charge in [0, 0.05) is 25.8 Å². The smallest absolute Gasteiger partial charge is 0.339 e. The molecule has 0 aliphatic heterocycles. The molecule has 134 valence electrons. The molecule has 0 heterocycles. The van der Waals surface area contributed by atoms with Gasteiger partial charge in [0.2, 0.25) is 10.0 Å². The molecule has 2 N–H and O–H groups in total. The third-order valence-corrected chi connectivity index (χ3v) is 4.64. The van der Waals surface area contributed by atoms with Gasteiger partial charge in [0.15, 0.2) is 0 Å². The third-order valence-electron chi connectivity index (χ3n) is 3.00. The molecule has 8 nitrogen and oxygen atoms in total. The Kier molecular flexibility index (Phi) is 7.46. The maximum atomic E-state index is 11.8. The average Bonchev–Trinajstić information content (AvgIpc) is 2.48. The van der Waals surface area contributed by atoms with Crippen molar-refractivity contribution < 1.29 is 22.7 Å². The number of esters is 1. The van der Waals surface area contributed by atoms with Crippen LogP contribution in [0.3, 0.4) is 0 Å². The van der Waals surface area contributed by atoms with Crippen LogP contribution in [0.2, 0.25) is 5.02 Å². The van der Waals surface area contributed by atoms with Crippen LogP contribution in [0.4, 0.5) is 10.5 Å². The summed E-state index contributed by atoms with van der Waals surface area (Å²) in [6.07, 6.45) is 1.08. The monoisotopic (exact) mass is 377 g/mol. The summed E-state index contributed by atoms with van der Waals surface area (Å²) in [5, 5.41) is 5.27. The Hall–Kier alpha value is -1.84. The highest BCUT2D eigenvalue weighted by Crippen LogP contribution is 2.21. The van der Waals surface area contributed by atoms with E-state index in [-0.39, 0.29) is 30.3 Å². The molecule has 10 heteroatoms. The molecule has 0 aliphatic carbocycles. The van der Waals surface area contributed by atoms with Crippen LogP contribution in [-0.2, 0) is 14.8 Å². The van der Waals surface area contributed by atoms with Crippen LogP contribution in [0.25, 0.3) is 0 Å². The van der Waals surface area contributed by atoms with Gasteiger partial charge in [0.1, 0.15) is 0 Å². The number of benzene rings is 1. The van der Waals surface area contributed by atoms with Gasteiger partial charge in [0.25, 0.3) is 0 Å². The van der Waals surface area contributed by atoms with E-state index in [4.69, 9.17) is 16.3 Å². The van der Waals surface area contributed by atoms with Crippen LogP contribution in [-0.4, -0.2) is 57.7 Å². The molecule has 0 aromatic heterocycles. The fraction of sp³-hybridized carbons (Fsp3) is 0.429. The van der Waals surface area contributed by atoms with Crippen LogP contribution in [0, 0.1) is 0 Å². The Morgan fingerprint density at radius 1 is 1.33 bits per heavy atom. The van der Waals surface area contributed by atoms with Crippen LogP contribution in [0.15, 0.2) is 18.2 Å². The predicted octanol–water partition coefficient (Wildman–Crippen LogP) is 1.53. The molecule has 0 saturated carbocycles. The molecule has 0 spiro atoms. The normalized spacial score (nSPS) is 11.2. The molecule has 0 unspecified atom stereocenters. The number of carbonyl (C=O) groups excluding carboxylic acids is 2. The van der Waals surface area contributed by atoms with Crippen molar-refractivity contribution in [3.63, 3.8) is 0 Å². The highest BCUT2D eigenvalue weighted by molar-refractivity contribution is 7.88. The second kappa shape index (κ2) is 8.86. The summed E-state index contributed by atoms with van der Waals surface area (Å²) < 4.78 is 28.4. The number of amides is 2. The predicted molar refractivity (Wildman–Crippen MR) is 91.9 cm³/mol. The van der Waals surface area contributed by atoms with Crippen molar-refractivity contribution in [3.05, 3.63) is 28.8 Å². The summed E-state index contributed by atoms with van der Waals surface area (Å²) in [5.41, 5.74) is 0.504. The highest BCUT2D eigenvalue weighted by Gasteiger charge is 2.14.